The number of amides is 3. The highest BCUT2D eigenvalue weighted by Crippen LogP contribution is 2.20. The van der Waals surface area contributed by atoms with Gasteiger partial charge in [0.15, 0.2) is 5.16 Å². The van der Waals surface area contributed by atoms with E-state index in [1.54, 1.807) is 24.3 Å². The molecule has 0 spiro atoms. The quantitative estimate of drug-likeness (QED) is 0.313. The Morgan fingerprint density at radius 3 is 1.97 bits per heavy atom. The first-order valence-electron chi connectivity index (χ1n) is 10.7. The third-order valence-corrected chi connectivity index (χ3v) is 5.84. The van der Waals surface area contributed by atoms with Crippen LogP contribution in [0.15, 0.2) is 90.1 Å². The Morgan fingerprint density at radius 1 is 0.765 bits per heavy atom. The van der Waals surface area contributed by atoms with Crippen LogP contribution >= 0.6 is 11.8 Å². The number of para-hydroxylation sites is 1. The first-order chi connectivity index (χ1) is 16.6. The van der Waals surface area contributed by atoms with Gasteiger partial charge in [0.2, 0.25) is 5.91 Å². The maximum atomic E-state index is 12.5. The summed E-state index contributed by atoms with van der Waals surface area (Å²) < 4.78 is 1.99. The molecule has 3 N–H and O–H groups in total. The second-order valence-electron chi connectivity index (χ2n) is 7.46. The van der Waals surface area contributed by atoms with E-state index in [2.05, 4.69) is 26.1 Å². The predicted octanol–water partition coefficient (Wildman–Crippen LogP) is 5.01. The van der Waals surface area contributed by atoms with Gasteiger partial charge in [0.25, 0.3) is 0 Å². The van der Waals surface area contributed by atoms with Gasteiger partial charge in [-0.3, -0.25) is 4.79 Å². The molecule has 0 fully saturated rings. The van der Waals surface area contributed by atoms with Crippen LogP contribution in [0.25, 0.3) is 0 Å². The minimum atomic E-state index is -0.339. The molecule has 34 heavy (non-hydrogen) atoms. The van der Waals surface area contributed by atoms with Crippen LogP contribution in [0.2, 0.25) is 0 Å². The van der Waals surface area contributed by atoms with Gasteiger partial charge >= 0.3 is 6.03 Å². The summed E-state index contributed by atoms with van der Waals surface area (Å²) in [6.45, 7) is 2.55. The van der Waals surface area contributed by atoms with Crippen LogP contribution in [0.4, 0.5) is 21.9 Å². The van der Waals surface area contributed by atoms with Gasteiger partial charge in [-0.25, -0.2) is 4.79 Å². The third-order valence-electron chi connectivity index (χ3n) is 4.88. The molecule has 0 saturated heterocycles. The lowest BCUT2D eigenvalue weighted by molar-refractivity contribution is -0.113. The van der Waals surface area contributed by atoms with Crippen molar-refractivity contribution in [1.29, 1.82) is 0 Å². The highest BCUT2D eigenvalue weighted by atomic mass is 32.2. The molecule has 0 atom stereocenters. The second kappa shape index (κ2) is 11.2. The Labute approximate surface area is 201 Å². The normalized spacial score (nSPS) is 10.5. The van der Waals surface area contributed by atoms with Crippen molar-refractivity contribution >= 4 is 40.8 Å². The SMILES string of the molecule is Cc1nnc(SCC(=O)Nc2ccc(NC(=O)Nc3ccccc3)cc2)n1Cc1ccccc1. The molecule has 0 aliphatic carbocycles. The van der Waals surface area contributed by atoms with Crippen LogP contribution in [0.5, 0.6) is 0 Å². The molecule has 0 bridgehead atoms. The number of anilines is 3. The van der Waals surface area contributed by atoms with Gasteiger partial charge in [-0.2, -0.15) is 0 Å². The number of nitrogens with zero attached hydrogens (tertiary/aromatic N) is 3. The Morgan fingerprint density at radius 2 is 1.32 bits per heavy atom. The smallest absolute Gasteiger partial charge is 0.323 e. The number of hydrogen-bond donors (Lipinski definition) is 3. The number of nitrogens with one attached hydrogen (secondary N) is 3. The zero-order chi connectivity index (χ0) is 23.8. The lowest BCUT2D eigenvalue weighted by atomic mass is 10.2. The molecule has 0 radical (unpaired) electrons. The number of rotatable bonds is 8. The summed E-state index contributed by atoms with van der Waals surface area (Å²) in [4.78, 5) is 24.6. The number of carbonyl (C=O) groups is 2. The Balaban J connectivity index is 1.27. The first kappa shape index (κ1) is 23.1. The molecular formula is C25H24N6O2S. The maximum absolute atomic E-state index is 12.5. The molecule has 8 nitrogen and oxygen atoms in total. The van der Waals surface area contributed by atoms with Crippen LogP contribution < -0.4 is 16.0 Å². The van der Waals surface area contributed by atoms with Gasteiger partial charge in [-0.1, -0.05) is 60.3 Å². The summed E-state index contributed by atoms with van der Waals surface area (Å²) in [6.07, 6.45) is 0. The van der Waals surface area contributed by atoms with Crippen molar-refractivity contribution in [3.8, 4) is 0 Å². The minimum absolute atomic E-state index is 0.153. The van der Waals surface area contributed by atoms with Crippen molar-refractivity contribution in [2.75, 3.05) is 21.7 Å². The van der Waals surface area contributed by atoms with Gasteiger partial charge in [0, 0.05) is 17.1 Å². The Kier molecular flexibility index (Phi) is 7.56. The lowest BCUT2D eigenvalue weighted by Gasteiger charge is -2.10. The van der Waals surface area contributed by atoms with E-state index in [0.717, 1.165) is 11.4 Å². The summed E-state index contributed by atoms with van der Waals surface area (Å²) in [6, 6.07) is 25.8. The minimum Gasteiger partial charge on any atom is -0.325 e. The van der Waals surface area contributed by atoms with Crippen LogP contribution in [-0.4, -0.2) is 32.5 Å². The van der Waals surface area contributed by atoms with E-state index < -0.39 is 0 Å². The van der Waals surface area contributed by atoms with E-state index in [0.29, 0.717) is 28.8 Å². The Hall–Kier alpha value is -4.11. The standard InChI is InChI=1S/C25H24N6O2S/c1-18-29-30-25(31(18)16-19-8-4-2-5-9-19)34-17-23(32)26-21-12-14-22(15-13-21)28-24(33)27-20-10-6-3-7-11-20/h2-15H,16-17H2,1H3,(H,26,32)(H2,27,28,33). The zero-order valence-corrected chi connectivity index (χ0v) is 19.4. The molecule has 0 unspecified atom stereocenters. The van der Waals surface area contributed by atoms with Gasteiger partial charge in [-0.05, 0) is 48.9 Å². The first-order valence-corrected chi connectivity index (χ1v) is 11.6. The van der Waals surface area contributed by atoms with Crippen LogP contribution in [0.1, 0.15) is 11.4 Å². The number of carbonyl (C=O) groups excluding carboxylic acids is 2. The van der Waals surface area contributed by atoms with E-state index in [9.17, 15) is 9.59 Å². The predicted molar refractivity (Wildman–Crippen MR) is 135 cm³/mol. The Bertz CT molecular complexity index is 1240. The average molecular weight is 473 g/mol. The highest BCUT2D eigenvalue weighted by molar-refractivity contribution is 7.99. The topological polar surface area (TPSA) is 101 Å². The lowest BCUT2D eigenvalue weighted by Crippen LogP contribution is -2.19. The number of urea groups is 1. The van der Waals surface area contributed by atoms with Gasteiger partial charge in [0.1, 0.15) is 5.82 Å². The van der Waals surface area contributed by atoms with Crippen molar-refractivity contribution < 1.29 is 9.59 Å². The molecule has 172 valence electrons. The van der Waals surface area contributed by atoms with Crippen LogP contribution in [0, 0.1) is 6.92 Å². The fourth-order valence-electron chi connectivity index (χ4n) is 3.20. The number of aryl methyl sites for hydroxylation is 1. The molecule has 4 aromatic rings. The molecule has 3 aromatic carbocycles. The summed E-state index contributed by atoms with van der Waals surface area (Å²) in [5.41, 5.74) is 3.10. The summed E-state index contributed by atoms with van der Waals surface area (Å²) >= 11 is 1.34. The molecule has 0 aliphatic heterocycles. The second-order valence-corrected chi connectivity index (χ2v) is 8.40. The van der Waals surface area contributed by atoms with Crippen molar-refractivity contribution in [1.82, 2.24) is 14.8 Å². The number of hydrogen-bond acceptors (Lipinski definition) is 5. The maximum Gasteiger partial charge on any atom is 0.323 e. The molecule has 4 rings (SSSR count). The fourth-order valence-corrected chi connectivity index (χ4v) is 3.98. The number of thioether (sulfide) groups is 1. The van der Waals surface area contributed by atoms with Gasteiger partial charge < -0.3 is 20.5 Å². The summed E-state index contributed by atoms with van der Waals surface area (Å²) in [5.74, 6) is 0.845. The van der Waals surface area contributed by atoms with Crippen molar-refractivity contribution in [2.24, 2.45) is 0 Å². The average Bonchev–Trinajstić information content (AvgIpc) is 3.19. The molecule has 0 aliphatic rings. The van der Waals surface area contributed by atoms with Crippen LogP contribution in [0.3, 0.4) is 0 Å². The van der Waals surface area contributed by atoms with Crippen molar-refractivity contribution in [3.63, 3.8) is 0 Å². The number of aromatic nitrogens is 3. The molecule has 0 saturated carbocycles. The summed E-state index contributed by atoms with van der Waals surface area (Å²) in [7, 11) is 0. The molecule has 1 aromatic heterocycles. The largest absolute Gasteiger partial charge is 0.325 e. The number of benzene rings is 3. The van der Waals surface area contributed by atoms with E-state index >= 15 is 0 Å². The van der Waals surface area contributed by atoms with E-state index in [1.165, 1.54) is 11.8 Å². The highest BCUT2D eigenvalue weighted by Gasteiger charge is 2.12. The van der Waals surface area contributed by atoms with Crippen molar-refractivity contribution in [3.05, 3.63) is 96.3 Å². The fraction of sp³-hybridized carbons (Fsp3) is 0.120. The molecule has 3 amide bonds. The zero-order valence-electron chi connectivity index (χ0n) is 18.6. The van der Waals surface area contributed by atoms with E-state index in [4.69, 9.17) is 0 Å². The van der Waals surface area contributed by atoms with Gasteiger partial charge in [-0.15, -0.1) is 10.2 Å². The van der Waals surface area contributed by atoms with Crippen molar-refractivity contribution in [2.45, 2.75) is 18.6 Å². The monoisotopic (exact) mass is 472 g/mol. The van der Waals surface area contributed by atoms with Gasteiger partial charge in [0.05, 0.1) is 12.3 Å². The molecule has 1 heterocycles. The van der Waals surface area contributed by atoms with Crippen LogP contribution in [-0.2, 0) is 11.3 Å². The van der Waals surface area contributed by atoms with E-state index in [-0.39, 0.29) is 17.7 Å². The van der Waals surface area contributed by atoms with E-state index in [1.807, 2.05) is 72.2 Å². The third kappa shape index (κ3) is 6.46. The summed E-state index contributed by atoms with van der Waals surface area (Å²) in [5, 5.41) is 17.4. The molecular weight excluding hydrogens is 448 g/mol. The molecule has 9 heteroatoms.